The van der Waals surface area contributed by atoms with E-state index in [1.54, 1.807) is 12.1 Å². The van der Waals surface area contributed by atoms with E-state index in [4.69, 9.17) is 8.92 Å². The van der Waals surface area contributed by atoms with Crippen molar-refractivity contribution in [2.45, 2.75) is 6.42 Å². The third kappa shape index (κ3) is 4.80. The van der Waals surface area contributed by atoms with Crippen LogP contribution in [0.4, 0.5) is 0 Å². The van der Waals surface area contributed by atoms with Crippen LogP contribution in [0.5, 0.6) is 11.5 Å². The maximum atomic E-state index is 12.0. The Bertz CT molecular complexity index is 870. The van der Waals surface area contributed by atoms with Crippen LogP contribution in [0.15, 0.2) is 48.5 Å². The predicted octanol–water partition coefficient (Wildman–Crippen LogP) is 1.96. The van der Waals surface area contributed by atoms with Crippen molar-refractivity contribution in [1.82, 2.24) is 0 Å². The molecule has 0 amide bonds. The monoisotopic (exact) mass is 364 g/mol. The minimum Gasteiger partial charge on any atom is -0.497 e. The molecule has 0 aliphatic carbocycles. The highest BCUT2D eigenvalue weighted by Crippen LogP contribution is 2.21. The molecular weight excluding hydrogens is 348 g/mol. The summed E-state index contributed by atoms with van der Waals surface area (Å²) in [6.45, 7) is 0. The lowest BCUT2D eigenvalue weighted by molar-refractivity contribution is -0.111. The van der Waals surface area contributed by atoms with Crippen LogP contribution in [0.25, 0.3) is 0 Å². The van der Waals surface area contributed by atoms with Crippen molar-refractivity contribution >= 4 is 21.2 Å². The average Bonchev–Trinajstić information content (AvgIpc) is 2.61. The van der Waals surface area contributed by atoms with Gasteiger partial charge >= 0.3 is 16.1 Å². The first-order chi connectivity index (χ1) is 11.9. The molecule has 0 fully saturated rings. The van der Waals surface area contributed by atoms with Crippen molar-refractivity contribution in [2.75, 3.05) is 14.2 Å². The van der Waals surface area contributed by atoms with Gasteiger partial charge in [-0.15, -0.1) is 0 Å². The number of rotatable bonds is 6. The predicted molar refractivity (Wildman–Crippen MR) is 89.0 cm³/mol. The molecule has 8 heteroatoms. The molecule has 0 aromatic heterocycles. The van der Waals surface area contributed by atoms with Crippen molar-refractivity contribution in [2.24, 2.45) is 0 Å². The summed E-state index contributed by atoms with van der Waals surface area (Å²) in [6, 6.07) is 11.8. The molecule has 132 valence electrons. The third-order valence-electron chi connectivity index (χ3n) is 3.25. The molecule has 0 unspecified atom stereocenters. The van der Waals surface area contributed by atoms with Crippen molar-refractivity contribution in [3.63, 3.8) is 0 Å². The zero-order chi connectivity index (χ0) is 18.4. The zero-order valence-corrected chi connectivity index (χ0v) is 14.4. The molecule has 25 heavy (non-hydrogen) atoms. The summed E-state index contributed by atoms with van der Waals surface area (Å²) in [7, 11) is -1.77. The van der Waals surface area contributed by atoms with Gasteiger partial charge in [-0.2, -0.15) is 8.42 Å². The van der Waals surface area contributed by atoms with Crippen LogP contribution in [-0.2, 0) is 26.1 Å². The number of esters is 1. The van der Waals surface area contributed by atoms with E-state index in [0.717, 1.165) is 0 Å². The Balaban J connectivity index is 2.09. The topological polar surface area (TPSA) is 96.0 Å². The first kappa shape index (κ1) is 18.5. The largest absolute Gasteiger partial charge is 0.497 e. The van der Waals surface area contributed by atoms with Gasteiger partial charge in [0.05, 0.1) is 26.2 Å². The molecule has 0 N–H and O–H groups in total. The second-order valence-electron chi connectivity index (χ2n) is 4.95. The van der Waals surface area contributed by atoms with Gasteiger partial charge in [-0.25, -0.2) is 4.79 Å². The van der Waals surface area contributed by atoms with Crippen LogP contribution < -0.4 is 8.92 Å². The standard InChI is InChI=1S/C17H16O7S/c1-22-14-4-3-5-15(11-14)24-25(20,21)16(18)10-12-6-8-13(9-7-12)17(19)23-2/h3-9,11H,10H2,1-2H3. The molecule has 0 heterocycles. The van der Waals surface area contributed by atoms with Crippen molar-refractivity contribution in [3.8, 4) is 11.5 Å². The van der Waals surface area contributed by atoms with E-state index < -0.39 is 21.2 Å². The number of benzene rings is 2. The van der Waals surface area contributed by atoms with Crippen LogP contribution >= 0.6 is 0 Å². The Kier molecular flexibility index (Phi) is 5.76. The normalized spacial score (nSPS) is 10.8. The summed E-state index contributed by atoms with van der Waals surface area (Å²) >= 11 is 0. The van der Waals surface area contributed by atoms with Gasteiger partial charge in [0.1, 0.15) is 11.5 Å². The molecular formula is C17H16O7S. The van der Waals surface area contributed by atoms with Crippen LogP contribution in [0.1, 0.15) is 15.9 Å². The van der Waals surface area contributed by atoms with E-state index in [-0.39, 0.29) is 12.2 Å². The number of carbonyl (C=O) groups excluding carboxylic acids is 2. The zero-order valence-electron chi connectivity index (χ0n) is 13.6. The van der Waals surface area contributed by atoms with Crippen molar-refractivity contribution in [1.29, 1.82) is 0 Å². The molecule has 0 aliphatic rings. The summed E-state index contributed by atoms with van der Waals surface area (Å²) in [4.78, 5) is 23.4. The first-order valence-electron chi connectivity index (χ1n) is 7.14. The van der Waals surface area contributed by atoms with Gasteiger partial charge in [0, 0.05) is 6.07 Å². The van der Waals surface area contributed by atoms with Gasteiger partial charge < -0.3 is 13.7 Å². The molecule has 2 aromatic carbocycles. The van der Waals surface area contributed by atoms with Crippen molar-refractivity contribution in [3.05, 3.63) is 59.7 Å². The van der Waals surface area contributed by atoms with Gasteiger partial charge in [-0.3, -0.25) is 4.79 Å². The maximum absolute atomic E-state index is 12.0. The number of hydrogen-bond donors (Lipinski definition) is 0. The molecule has 7 nitrogen and oxygen atoms in total. The molecule has 0 bridgehead atoms. The Morgan fingerprint density at radius 2 is 1.60 bits per heavy atom. The van der Waals surface area contributed by atoms with E-state index in [1.807, 2.05) is 0 Å². The summed E-state index contributed by atoms with van der Waals surface area (Å²) < 4.78 is 38.4. The second kappa shape index (κ2) is 7.80. The van der Waals surface area contributed by atoms with Crippen LogP contribution in [0.3, 0.4) is 0 Å². The quantitative estimate of drug-likeness (QED) is 0.571. The van der Waals surface area contributed by atoms with Crippen molar-refractivity contribution < 1.29 is 31.7 Å². The van der Waals surface area contributed by atoms with Gasteiger partial charge in [-0.1, -0.05) is 18.2 Å². The molecule has 2 rings (SSSR count). The van der Waals surface area contributed by atoms with E-state index in [0.29, 0.717) is 16.9 Å². The SMILES string of the molecule is COC(=O)c1ccc(CC(=O)S(=O)(=O)Oc2cccc(OC)c2)cc1. The van der Waals surface area contributed by atoms with Gasteiger partial charge in [0.2, 0.25) is 0 Å². The summed E-state index contributed by atoms with van der Waals surface area (Å²) in [5, 5.41) is -1.10. The summed E-state index contributed by atoms with van der Waals surface area (Å²) in [5.74, 6) is -0.140. The van der Waals surface area contributed by atoms with Gasteiger partial charge in [0.15, 0.2) is 0 Å². The van der Waals surface area contributed by atoms with E-state index in [9.17, 15) is 18.0 Å². The minimum absolute atomic E-state index is 0.0197. The van der Waals surface area contributed by atoms with E-state index in [1.165, 1.54) is 50.6 Å². The Morgan fingerprint density at radius 1 is 0.960 bits per heavy atom. The highest BCUT2D eigenvalue weighted by molar-refractivity contribution is 8.02. The van der Waals surface area contributed by atoms with Crippen LogP contribution in [0.2, 0.25) is 0 Å². The fraction of sp³-hybridized carbons (Fsp3) is 0.176. The highest BCUT2D eigenvalue weighted by atomic mass is 32.2. The lowest BCUT2D eigenvalue weighted by atomic mass is 10.1. The fourth-order valence-electron chi connectivity index (χ4n) is 1.96. The molecule has 0 aliphatic heterocycles. The highest BCUT2D eigenvalue weighted by Gasteiger charge is 2.25. The third-order valence-corrected chi connectivity index (χ3v) is 4.36. The molecule has 0 atom stereocenters. The van der Waals surface area contributed by atoms with Gasteiger partial charge in [-0.05, 0) is 29.8 Å². The lowest BCUT2D eigenvalue weighted by Gasteiger charge is -2.07. The smallest absolute Gasteiger partial charge is 0.373 e. The molecule has 0 saturated heterocycles. The molecule has 0 radical (unpaired) electrons. The Morgan fingerprint density at radius 3 is 2.20 bits per heavy atom. The molecule has 2 aromatic rings. The number of hydrogen-bond acceptors (Lipinski definition) is 7. The number of carbonyl (C=O) groups is 2. The van der Waals surface area contributed by atoms with E-state index >= 15 is 0 Å². The molecule has 0 spiro atoms. The summed E-state index contributed by atoms with van der Waals surface area (Å²) in [6.07, 6.45) is -0.381. The van der Waals surface area contributed by atoms with Crippen LogP contribution in [-0.4, -0.2) is 33.7 Å². The number of methoxy groups -OCH3 is 2. The summed E-state index contributed by atoms with van der Waals surface area (Å²) in [5.41, 5.74) is 0.727. The lowest BCUT2D eigenvalue weighted by Crippen LogP contribution is -2.22. The Hall–Kier alpha value is -2.87. The van der Waals surface area contributed by atoms with E-state index in [2.05, 4.69) is 4.74 Å². The molecule has 0 saturated carbocycles. The van der Waals surface area contributed by atoms with Gasteiger partial charge in [0.25, 0.3) is 5.12 Å². The minimum atomic E-state index is -4.45. The second-order valence-corrected chi connectivity index (χ2v) is 6.48. The fourth-order valence-corrected chi connectivity index (χ4v) is 2.75. The van der Waals surface area contributed by atoms with Crippen LogP contribution in [0, 0.1) is 0 Å². The Labute approximate surface area is 145 Å². The maximum Gasteiger partial charge on any atom is 0.373 e. The number of ether oxygens (including phenoxy) is 2. The first-order valence-corrected chi connectivity index (χ1v) is 8.55. The average molecular weight is 364 g/mol.